The number of rotatable bonds is 9. The molecule has 3 aromatic rings. The molecule has 34 heavy (non-hydrogen) atoms. The number of hydrogen-bond donors (Lipinski definition) is 3. The lowest BCUT2D eigenvalue weighted by molar-refractivity contribution is -0.137. The standard InChI is InChI=1S/C25H25N3O5S/c1-15(10-24(30)31)27-22(29)11-16-14-34-23(28-16)12-26-25(32)33-13-21-19-8-4-2-6-17(19)18-7-3-5-9-20(18)21/h2-9,14-15,21H,10-13H2,1H3,(H,26,32)(H,27,29)(H,30,31). The van der Waals surface area contributed by atoms with E-state index in [-0.39, 0.29) is 37.8 Å². The molecule has 9 heteroatoms. The smallest absolute Gasteiger partial charge is 0.407 e. The van der Waals surface area contributed by atoms with E-state index in [1.54, 1.807) is 12.3 Å². The van der Waals surface area contributed by atoms with E-state index in [1.165, 1.54) is 22.5 Å². The minimum absolute atomic E-state index is 0.00773. The molecule has 2 aromatic carbocycles. The Hall–Kier alpha value is -3.72. The quantitative estimate of drug-likeness (QED) is 0.431. The summed E-state index contributed by atoms with van der Waals surface area (Å²) in [6.07, 6.45) is -0.623. The molecule has 1 unspecified atom stereocenters. The van der Waals surface area contributed by atoms with Crippen LogP contribution in [-0.4, -0.2) is 40.7 Å². The van der Waals surface area contributed by atoms with Gasteiger partial charge in [-0.15, -0.1) is 11.3 Å². The highest BCUT2D eigenvalue weighted by Gasteiger charge is 2.29. The summed E-state index contributed by atoms with van der Waals surface area (Å²) in [4.78, 5) is 39.4. The van der Waals surface area contributed by atoms with Crippen molar-refractivity contribution in [2.45, 2.75) is 38.3 Å². The molecule has 0 radical (unpaired) electrons. The van der Waals surface area contributed by atoms with Crippen LogP contribution < -0.4 is 10.6 Å². The lowest BCUT2D eigenvalue weighted by atomic mass is 9.98. The molecule has 0 saturated carbocycles. The summed E-state index contributed by atoms with van der Waals surface area (Å²) in [7, 11) is 0. The van der Waals surface area contributed by atoms with Gasteiger partial charge in [0.15, 0.2) is 0 Å². The molecule has 1 aromatic heterocycles. The van der Waals surface area contributed by atoms with Gasteiger partial charge in [0.25, 0.3) is 0 Å². The van der Waals surface area contributed by atoms with Gasteiger partial charge >= 0.3 is 12.1 Å². The number of carbonyl (C=O) groups excluding carboxylic acids is 2. The van der Waals surface area contributed by atoms with Crippen LogP contribution in [0.1, 0.15) is 41.1 Å². The van der Waals surface area contributed by atoms with Crippen molar-refractivity contribution in [3.8, 4) is 11.1 Å². The molecule has 0 bridgehead atoms. The van der Waals surface area contributed by atoms with Crippen LogP contribution in [0.4, 0.5) is 4.79 Å². The Kier molecular flexibility index (Phi) is 7.22. The largest absolute Gasteiger partial charge is 0.481 e. The van der Waals surface area contributed by atoms with Crippen molar-refractivity contribution in [3.63, 3.8) is 0 Å². The van der Waals surface area contributed by atoms with E-state index in [4.69, 9.17) is 9.84 Å². The van der Waals surface area contributed by atoms with Crippen LogP contribution in [0.15, 0.2) is 53.9 Å². The van der Waals surface area contributed by atoms with Crippen molar-refractivity contribution in [2.75, 3.05) is 6.61 Å². The molecule has 1 atom stereocenters. The number of alkyl carbamates (subject to hydrolysis) is 1. The van der Waals surface area contributed by atoms with Gasteiger partial charge in [-0.25, -0.2) is 9.78 Å². The van der Waals surface area contributed by atoms with Crippen molar-refractivity contribution in [1.82, 2.24) is 15.6 Å². The molecule has 3 N–H and O–H groups in total. The van der Waals surface area contributed by atoms with Gasteiger partial charge in [0.2, 0.25) is 5.91 Å². The van der Waals surface area contributed by atoms with Crippen molar-refractivity contribution in [1.29, 1.82) is 0 Å². The number of fused-ring (bicyclic) bond motifs is 3. The molecule has 0 aliphatic heterocycles. The fourth-order valence-corrected chi connectivity index (χ4v) is 4.85. The average Bonchev–Trinajstić information content (AvgIpc) is 3.37. The predicted molar refractivity (Wildman–Crippen MR) is 128 cm³/mol. The molecule has 0 fully saturated rings. The Bertz CT molecular complexity index is 1160. The van der Waals surface area contributed by atoms with E-state index in [1.807, 2.05) is 24.3 Å². The number of nitrogens with zero attached hydrogens (tertiary/aromatic N) is 1. The van der Waals surface area contributed by atoms with Gasteiger partial charge in [-0.1, -0.05) is 48.5 Å². The predicted octanol–water partition coefficient (Wildman–Crippen LogP) is 3.70. The van der Waals surface area contributed by atoms with Gasteiger partial charge in [0.05, 0.1) is 25.1 Å². The number of benzene rings is 2. The fraction of sp³-hybridized carbons (Fsp3) is 0.280. The zero-order valence-electron chi connectivity index (χ0n) is 18.6. The van der Waals surface area contributed by atoms with Crippen LogP contribution in [0.2, 0.25) is 0 Å². The summed E-state index contributed by atoms with van der Waals surface area (Å²) in [5, 5.41) is 16.5. The summed E-state index contributed by atoms with van der Waals surface area (Å²) in [6, 6.07) is 15.8. The maximum Gasteiger partial charge on any atom is 0.407 e. The van der Waals surface area contributed by atoms with Gasteiger partial charge < -0.3 is 20.5 Å². The number of aliphatic carboxylic acids is 1. The molecule has 1 aliphatic rings. The number of carboxylic acid groups (broad SMARTS) is 1. The zero-order valence-corrected chi connectivity index (χ0v) is 19.4. The summed E-state index contributed by atoms with van der Waals surface area (Å²) in [5.74, 6) is -1.27. The maximum atomic E-state index is 12.3. The van der Waals surface area contributed by atoms with Crippen LogP contribution in [-0.2, 0) is 27.3 Å². The molecule has 2 amide bonds. The Morgan fingerprint density at radius 2 is 1.74 bits per heavy atom. The Labute approximate surface area is 201 Å². The first kappa shape index (κ1) is 23.4. The number of carbonyl (C=O) groups is 3. The fourth-order valence-electron chi connectivity index (χ4n) is 4.11. The number of carboxylic acids is 1. The van der Waals surface area contributed by atoms with Gasteiger partial charge in [-0.3, -0.25) is 9.59 Å². The van der Waals surface area contributed by atoms with Crippen LogP contribution in [0.3, 0.4) is 0 Å². The molecular formula is C25H25N3O5S. The first-order chi connectivity index (χ1) is 16.4. The average molecular weight is 480 g/mol. The highest BCUT2D eigenvalue weighted by Crippen LogP contribution is 2.44. The van der Waals surface area contributed by atoms with Crippen molar-refractivity contribution < 1.29 is 24.2 Å². The SMILES string of the molecule is CC(CC(=O)O)NC(=O)Cc1csc(CNC(=O)OCC2c3ccccc3-c3ccccc32)n1. The van der Waals surface area contributed by atoms with Crippen LogP contribution >= 0.6 is 11.3 Å². The summed E-state index contributed by atoms with van der Waals surface area (Å²) in [5.41, 5.74) is 5.20. The summed E-state index contributed by atoms with van der Waals surface area (Å²) in [6.45, 7) is 2.06. The molecule has 1 aliphatic carbocycles. The summed E-state index contributed by atoms with van der Waals surface area (Å²) < 4.78 is 5.52. The molecule has 0 saturated heterocycles. The third-order valence-electron chi connectivity index (χ3n) is 5.56. The van der Waals surface area contributed by atoms with Crippen LogP contribution in [0, 0.1) is 0 Å². The molecule has 0 spiro atoms. The first-order valence-corrected chi connectivity index (χ1v) is 11.8. The first-order valence-electron chi connectivity index (χ1n) is 10.9. The maximum absolute atomic E-state index is 12.3. The van der Waals surface area contributed by atoms with Crippen LogP contribution in [0.5, 0.6) is 0 Å². The van der Waals surface area contributed by atoms with Gasteiger partial charge in [0, 0.05) is 17.3 Å². The van der Waals surface area contributed by atoms with Gasteiger partial charge in [-0.05, 0) is 29.2 Å². The van der Waals surface area contributed by atoms with E-state index in [0.717, 1.165) is 11.1 Å². The highest BCUT2D eigenvalue weighted by atomic mass is 32.1. The van der Waals surface area contributed by atoms with Gasteiger partial charge in [-0.2, -0.15) is 0 Å². The molecule has 176 valence electrons. The number of hydrogen-bond acceptors (Lipinski definition) is 6. The number of amides is 2. The Morgan fingerprint density at radius 3 is 2.38 bits per heavy atom. The molecular weight excluding hydrogens is 454 g/mol. The van der Waals surface area contributed by atoms with E-state index in [2.05, 4.69) is 39.9 Å². The minimum Gasteiger partial charge on any atom is -0.481 e. The third-order valence-corrected chi connectivity index (χ3v) is 6.45. The van der Waals surface area contributed by atoms with E-state index in [0.29, 0.717) is 10.7 Å². The topological polar surface area (TPSA) is 118 Å². The monoisotopic (exact) mass is 479 g/mol. The number of aromatic nitrogens is 1. The van der Waals surface area contributed by atoms with Crippen molar-refractivity contribution >= 4 is 29.3 Å². The second-order valence-corrected chi connectivity index (χ2v) is 9.10. The summed E-state index contributed by atoms with van der Waals surface area (Å²) >= 11 is 1.33. The second-order valence-electron chi connectivity index (χ2n) is 8.15. The Morgan fingerprint density at radius 1 is 1.09 bits per heavy atom. The zero-order chi connectivity index (χ0) is 24.1. The molecule has 1 heterocycles. The van der Waals surface area contributed by atoms with E-state index in [9.17, 15) is 14.4 Å². The third kappa shape index (κ3) is 5.60. The van der Waals surface area contributed by atoms with Crippen molar-refractivity contribution in [3.05, 3.63) is 75.7 Å². The Balaban J connectivity index is 1.26. The van der Waals surface area contributed by atoms with E-state index < -0.39 is 18.1 Å². The van der Waals surface area contributed by atoms with Crippen molar-refractivity contribution in [2.24, 2.45) is 0 Å². The second kappa shape index (κ2) is 10.5. The minimum atomic E-state index is -0.969. The number of ether oxygens (including phenoxy) is 1. The normalized spacial score (nSPS) is 13.0. The van der Waals surface area contributed by atoms with Crippen LogP contribution in [0.25, 0.3) is 11.1 Å². The van der Waals surface area contributed by atoms with E-state index >= 15 is 0 Å². The number of nitrogens with one attached hydrogen (secondary N) is 2. The highest BCUT2D eigenvalue weighted by molar-refractivity contribution is 7.09. The number of thiazole rings is 1. The molecule has 8 nitrogen and oxygen atoms in total. The lowest BCUT2D eigenvalue weighted by Crippen LogP contribution is -2.35. The van der Waals surface area contributed by atoms with Gasteiger partial charge in [0.1, 0.15) is 11.6 Å². The molecule has 4 rings (SSSR count). The lowest BCUT2D eigenvalue weighted by Gasteiger charge is -2.14.